The fourth-order valence-corrected chi connectivity index (χ4v) is 4.73. The van der Waals surface area contributed by atoms with Crippen LogP contribution in [0.4, 0.5) is 0 Å². The number of amides is 1. The van der Waals surface area contributed by atoms with E-state index >= 15 is 0 Å². The first-order chi connectivity index (χ1) is 11.8. The van der Waals surface area contributed by atoms with E-state index in [1.165, 1.54) is 16.9 Å². The topological polar surface area (TPSA) is 47.4 Å². The molecule has 0 N–H and O–H groups in total. The number of piperidine rings is 1. The van der Waals surface area contributed by atoms with Crippen LogP contribution in [-0.2, 0) is 22.5 Å². The Bertz CT molecular complexity index is 682. The highest BCUT2D eigenvalue weighted by Gasteiger charge is 2.31. The smallest absolute Gasteiger partial charge is 0.225 e. The van der Waals surface area contributed by atoms with Crippen LogP contribution in [0.15, 0.2) is 29.9 Å². The zero-order chi connectivity index (χ0) is 16.4. The van der Waals surface area contributed by atoms with E-state index in [4.69, 9.17) is 4.74 Å². The number of nitrogens with zero attached hydrogens (tertiary/aromatic N) is 3. The Morgan fingerprint density at radius 3 is 3.25 bits per heavy atom. The molecule has 0 radical (unpaired) electrons. The van der Waals surface area contributed by atoms with Crippen molar-refractivity contribution in [2.75, 3.05) is 13.2 Å². The minimum Gasteiger partial charge on any atom is -0.373 e. The second-order valence-electron chi connectivity index (χ2n) is 6.58. The van der Waals surface area contributed by atoms with Gasteiger partial charge in [0.15, 0.2) is 0 Å². The van der Waals surface area contributed by atoms with E-state index < -0.39 is 0 Å². The average molecular weight is 345 g/mol. The van der Waals surface area contributed by atoms with Crippen LogP contribution in [0.3, 0.4) is 0 Å². The van der Waals surface area contributed by atoms with Gasteiger partial charge in [-0.25, -0.2) is 0 Å². The third-order valence-electron chi connectivity index (χ3n) is 5.04. The number of carbonyl (C=O) groups is 1. The fourth-order valence-electron chi connectivity index (χ4n) is 3.81. The molecule has 0 aromatic carbocycles. The van der Waals surface area contributed by atoms with Crippen LogP contribution in [0, 0.1) is 0 Å². The summed E-state index contributed by atoms with van der Waals surface area (Å²) in [5.41, 5.74) is 1.22. The molecule has 24 heavy (non-hydrogen) atoms. The van der Waals surface area contributed by atoms with E-state index in [1.54, 1.807) is 17.5 Å². The number of ether oxygens (including phenoxy) is 1. The average Bonchev–Trinajstić information content (AvgIpc) is 3.27. The summed E-state index contributed by atoms with van der Waals surface area (Å²) < 4.78 is 7.84. The Balaban J connectivity index is 1.44. The molecule has 0 unspecified atom stereocenters. The highest BCUT2D eigenvalue weighted by molar-refractivity contribution is 7.10. The second kappa shape index (κ2) is 7.07. The molecule has 4 heterocycles. The largest absolute Gasteiger partial charge is 0.373 e. The van der Waals surface area contributed by atoms with Gasteiger partial charge in [0.25, 0.3) is 0 Å². The van der Waals surface area contributed by atoms with E-state index in [0.29, 0.717) is 6.42 Å². The first-order valence-corrected chi connectivity index (χ1v) is 9.64. The minimum atomic E-state index is -0.0696. The lowest BCUT2D eigenvalue weighted by Gasteiger charge is -2.37. The molecular weight excluding hydrogens is 322 g/mol. The lowest BCUT2D eigenvalue weighted by atomic mass is 9.99. The summed E-state index contributed by atoms with van der Waals surface area (Å²) in [7, 11) is 0. The van der Waals surface area contributed by atoms with Gasteiger partial charge in [-0.3, -0.25) is 9.48 Å². The van der Waals surface area contributed by atoms with Gasteiger partial charge in [0.1, 0.15) is 0 Å². The first kappa shape index (κ1) is 15.8. The van der Waals surface area contributed by atoms with Crippen molar-refractivity contribution in [1.82, 2.24) is 14.7 Å². The molecule has 4 rings (SSSR count). The van der Waals surface area contributed by atoms with Crippen LogP contribution in [0.5, 0.6) is 0 Å². The number of likely N-dealkylation sites (tertiary alicyclic amines) is 1. The van der Waals surface area contributed by atoms with Crippen LogP contribution in [0.1, 0.15) is 42.2 Å². The van der Waals surface area contributed by atoms with Crippen molar-refractivity contribution >= 4 is 17.2 Å². The maximum absolute atomic E-state index is 13.0. The number of carbonyl (C=O) groups excluding carboxylic acids is 1. The summed E-state index contributed by atoms with van der Waals surface area (Å²) in [5, 5.41) is 6.41. The fraction of sp³-hybridized carbons (Fsp3) is 0.556. The van der Waals surface area contributed by atoms with Crippen molar-refractivity contribution in [2.45, 2.75) is 50.8 Å². The summed E-state index contributed by atoms with van der Waals surface area (Å²) in [5.74, 6) is 0.218. The molecule has 5 nitrogen and oxygen atoms in total. The van der Waals surface area contributed by atoms with Crippen molar-refractivity contribution in [1.29, 1.82) is 0 Å². The van der Waals surface area contributed by atoms with Crippen molar-refractivity contribution in [3.05, 3.63) is 40.3 Å². The van der Waals surface area contributed by atoms with Crippen LogP contribution in [0.2, 0.25) is 0 Å². The minimum absolute atomic E-state index is 0.0696. The molecule has 1 amide bonds. The van der Waals surface area contributed by atoms with Crippen molar-refractivity contribution in [3.63, 3.8) is 0 Å². The molecule has 0 bridgehead atoms. The van der Waals surface area contributed by atoms with Gasteiger partial charge in [0, 0.05) is 30.2 Å². The molecule has 6 heteroatoms. The van der Waals surface area contributed by atoms with Crippen LogP contribution in [-0.4, -0.2) is 39.8 Å². The quantitative estimate of drug-likeness (QED) is 0.856. The summed E-state index contributed by atoms with van der Waals surface area (Å²) in [6.07, 6.45) is 8.46. The van der Waals surface area contributed by atoms with Gasteiger partial charge >= 0.3 is 0 Å². The molecule has 1 fully saturated rings. The van der Waals surface area contributed by atoms with Gasteiger partial charge < -0.3 is 9.64 Å². The van der Waals surface area contributed by atoms with Crippen molar-refractivity contribution in [3.8, 4) is 0 Å². The van der Waals surface area contributed by atoms with Gasteiger partial charge in [-0.15, -0.1) is 11.3 Å². The summed E-state index contributed by atoms with van der Waals surface area (Å²) in [4.78, 5) is 16.4. The van der Waals surface area contributed by atoms with Crippen LogP contribution in [0.25, 0.3) is 0 Å². The first-order valence-electron chi connectivity index (χ1n) is 8.76. The molecule has 2 aliphatic rings. The summed E-state index contributed by atoms with van der Waals surface area (Å²) in [6, 6.07) is 4.30. The van der Waals surface area contributed by atoms with Crippen molar-refractivity contribution in [2.24, 2.45) is 0 Å². The second-order valence-corrected chi connectivity index (χ2v) is 7.58. The van der Waals surface area contributed by atoms with E-state index in [2.05, 4.69) is 21.4 Å². The van der Waals surface area contributed by atoms with Gasteiger partial charge in [0.2, 0.25) is 5.91 Å². The van der Waals surface area contributed by atoms with Gasteiger partial charge in [-0.05, 0) is 42.3 Å². The van der Waals surface area contributed by atoms with E-state index in [-0.39, 0.29) is 18.1 Å². The van der Waals surface area contributed by atoms with Gasteiger partial charge in [0.05, 0.1) is 31.7 Å². The predicted molar refractivity (Wildman–Crippen MR) is 92.9 cm³/mol. The number of fused-ring (bicyclic) bond motifs is 1. The lowest BCUT2D eigenvalue weighted by Crippen LogP contribution is -2.46. The molecule has 2 aromatic rings. The predicted octanol–water partition coefficient (Wildman–Crippen LogP) is 3.03. The Kier molecular flexibility index (Phi) is 4.67. The standard InChI is InChI=1S/C18H23N3O2S/c22-18(12-16-15-6-11-24-17(15)5-10-23-16)21-9-2-1-4-14(21)13-20-8-3-7-19-20/h3,6-8,11,14,16H,1-2,4-5,9-10,12-13H2/t14-,16-/m1/s1. The van der Waals surface area contributed by atoms with E-state index in [1.807, 2.05) is 16.9 Å². The van der Waals surface area contributed by atoms with Gasteiger partial charge in [-0.1, -0.05) is 0 Å². The van der Waals surface area contributed by atoms with Crippen LogP contribution < -0.4 is 0 Å². The number of rotatable bonds is 4. The van der Waals surface area contributed by atoms with Crippen LogP contribution >= 0.6 is 11.3 Å². The molecule has 0 saturated carbocycles. The summed E-state index contributed by atoms with van der Waals surface area (Å²) >= 11 is 1.78. The third-order valence-corrected chi connectivity index (χ3v) is 6.04. The maximum atomic E-state index is 13.0. The third kappa shape index (κ3) is 3.26. The summed E-state index contributed by atoms with van der Waals surface area (Å²) in [6.45, 7) is 2.37. The zero-order valence-corrected chi connectivity index (χ0v) is 14.6. The maximum Gasteiger partial charge on any atom is 0.225 e. The lowest BCUT2D eigenvalue weighted by molar-refractivity contribution is -0.138. The molecule has 0 aliphatic carbocycles. The molecular formula is C18H23N3O2S. The molecule has 128 valence electrons. The number of aromatic nitrogens is 2. The number of hydrogen-bond donors (Lipinski definition) is 0. The molecule has 2 aromatic heterocycles. The Morgan fingerprint density at radius 1 is 1.42 bits per heavy atom. The monoisotopic (exact) mass is 345 g/mol. The normalized spacial score (nSPS) is 23.9. The Morgan fingerprint density at radius 2 is 2.38 bits per heavy atom. The molecule has 0 spiro atoms. The number of hydrogen-bond acceptors (Lipinski definition) is 4. The molecule has 2 atom stereocenters. The highest BCUT2D eigenvalue weighted by atomic mass is 32.1. The molecule has 1 saturated heterocycles. The Hall–Kier alpha value is -1.66. The number of thiophene rings is 1. The SMILES string of the molecule is O=C(C[C@H]1OCCc2sccc21)N1CCCC[C@@H]1Cn1cccn1. The van der Waals surface area contributed by atoms with Crippen molar-refractivity contribution < 1.29 is 9.53 Å². The van der Waals surface area contributed by atoms with Gasteiger partial charge in [-0.2, -0.15) is 5.10 Å². The van der Waals surface area contributed by atoms with E-state index in [0.717, 1.165) is 39.0 Å². The highest BCUT2D eigenvalue weighted by Crippen LogP contribution is 2.34. The zero-order valence-electron chi connectivity index (χ0n) is 13.8. The van der Waals surface area contributed by atoms with E-state index in [9.17, 15) is 4.79 Å². The molecule has 2 aliphatic heterocycles. The Labute approximate surface area is 146 Å².